The van der Waals surface area contributed by atoms with E-state index in [0.29, 0.717) is 0 Å². The van der Waals surface area contributed by atoms with Crippen molar-refractivity contribution in [2.24, 2.45) is 0 Å². The van der Waals surface area contributed by atoms with Gasteiger partial charge in [0.1, 0.15) is 6.10 Å². The van der Waals surface area contributed by atoms with Gasteiger partial charge in [0.25, 0.3) is 0 Å². The first-order chi connectivity index (χ1) is 8.22. The lowest BCUT2D eigenvalue weighted by Crippen LogP contribution is -2.03. The normalized spacial score (nSPS) is 12.4. The zero-order valence-corrected chi connectivity index (χ0v) is 12.5. The van der Waals surface area contributed by atoms with Crippen LogP contribution in [-0.2, 0) is 4.74 Å². The average molecular weight is 356 g/mol. The minimum atomic E-state index is -0.0272. The quantitative estimate of drug-likeness (QED) is 0.757. The van der Waals surface area contributed by atoms with Crippen molar-refractivity contribution in [3.05, 3.63) is 68.6 Å². The molecule has 0 aliphatic rings. The Bertz CT molecular complexity index is 497. The van der Waals surface area contributed by atoms with Crippen LogP contribution in [0.25, 0.3) is 0 Å². The topological polar surface area (TPSA) is 9.23 Å². The van der Waals surface area contributed by atoms with Gasteiger partial charge in [-0.25, -0.2) is 0 Å². The SMILES string of the molecule is COC(c1ccccc1)c1ccc(Br)c(Br)c1. The minimum Gasteiger partial charge on any atom is -0.372 e. The Kier molecular flexibility index (Phi) is 4.37. The van der Waals surface area contributed by atoms with Gasteiger partial charge in [0, 0.05) is 16.1 Å². The first-order valence-corrected chi connectivity index (χ1v) is 6.83. The number of benzene rings is 2. The van der Waals surface area contributed by atoms with E-state index in [0.717, 1.165) is 20.1 Å². The Labute approximate surface area is 118 Å². The van der Waals surface area contributed by atoms with Crippen LogP contribution in [0.2, 0.25) is 0 Å². The molecule has 0 bridgehead atoms. The zero-order chi connectivity index (χ0) is 12.3. The van der Waals surface area contributed by atoms with Crippen molar-refractivity contribution in [1.29, 1.82) is 0 Å². The molecule has 2 rings (SSSR count). The molecule has 0 spiro atoms. The van der Waals surface area contributed by atoms with Crippen molar-refractivity contribution in [1.82, 2.24) is 0 Å². The lowest BCUT2D eigenvalue weighted by molar-refractivity contribution is 0.136. The highest BCUT2D eigenvalue weighted by Gasteiger charge is 2.13. The van der Waals surface area contributed by atoms with Gasteiger partial charge < -0.3 is 4.74 Å². The van der Waals surface area contributed by atoms with Gasteiger partial charge in [-0.2, -0.15) is 0 Å². The first kappa shape index (κ1) is 12.8. The van der Waals surface area contributed by atoms with Crippen molar-refractivity contribution < 1.29 is 4.74 Å². The van der Waals surface area contributed by atoms with E-state index in [1.165, 1.54) is 0 Å². The maximum Gasteiger partial charge on any atom is 0.107 e. The van der Waals surface area contributed by atoms with E-state index >= 15 is 0 Å². The van der Waals surface area contributed by atoms with Crippen LogP contribution in [0, 0.1) is 0 Å². The average Bonchev–Trinajstić information content (AvgIpc) is 2.36. The molecular formula is C14H12Br2O. The lowest BCUT2D eigenvalue weighted by atomic mass is 10.0. The molecule has 0 saturated heterocycles. The van der Waals surface area contributed by atoms with Crippen LogP contribution in [0.15, 0.2) is 57.5 Å². The summed E-state index contributed by atoms with van der Waals surface area (Å²) in [5.74, 6) is 0. The Hall–Kier alpha value is -0.640. The van der Waals surface area contributed by atoms with Crippen LogP contribution in [-0.4, -0.2) is 7.11 Å². The number of methoxy groups -OCH3 is 1. The van der Waals surface area contributed by atoms with Crippen molar-refractivity contribution in [3.8, 4) is 0 Å². The van der Waals surface area contributed by atoms with Gasteiger partial charge in [0.05, 0.1) is 0 Å². The highest BCUT2D eigenvalue weighted by molar-refractivity contribution is 9.13. The fraction of sp³-hybridized carbons (Fsp3) is 0.143. The third kappa shape index (κ3) is 2.97. The second-order valence-corrected chi connectivity index (χ2v) is 5.41. The fourth-order valence-corrected chi connectivity index (χ4v) is 2.41. The van der Waals surface area contributed by atoms with Gasteiger partial charge in [0.15, 0.2) is 0 Å². The third-order valence-electron chi connectivity index (χ3n) is 2.58. The fourth-order valence-electron chi connectivity index (χ4n) is 1.77. The summed E-state index contributed by atoms with van der Waals surface area (Å²) in [6.07, 6.45) is -0.0272. The van der Waals surface area contributed by atoms with Crippen molar-refractivity contribution in [2.75, 3.05) is 7.11 Å². The molecule has 0 aliphatic heterocycles. The molecule has 0 fully saturated rings. The Morgan fingerprint density at radius 2 is 1.59 bits per heavy atom. The molecule has 1 nitrogen and oxygen atoms in total. The lowest BCUT2D eigenvalue weighted by Gasteiger charge is -2.16. The Morgan fingerprint density at radius 1 is 0.882 bits per heavy atom. The summed E-state index contributed by atoms with van der Waals surface area (Å²) in [6, 6.07) is 16.4. The van der Waals surface area contributed by atoms with Crippen LogP contribution in [0.3, 0.4) is 0 Å². The molecule has 0 aromatic heterocycles. The van der Waals surface area contributed by atoms with Gasteiger partial charge >= 0.3 is 0 Å². The molecule has 0 aliphatic carbocycles. The molecule has 88 valence electrons. The molecule has 0 saturated carbocycles. The molecule has 3 heteroatoms. The van der Waals surface area contributed by atoms with Crippen LogP contribution in [0.4, 0.5) is 0 Å². The number of hydrogen-bond acceptors (Lipinski definition) is 1. The standard InChI is InChI=1S/C14H12Br2O/c1-17-14(10-5-3-2-4-6-10)11-7-8-12(15)13(16)9-11/h2-9,14H,1H3. The van der Waals surface area contributed by atoms with E-state index in [4.69, 9.17) is 4.74 Å². The second-order valence-electron chi connectivity index (χ2n) is 3.70. The highest BCUT2D eigenvalue weighted by Crippen LogP contribution is 2.30. The monoisotopic (exact) mass is 354 g/mol. The van der Waals surface area contributed by atoms with Crippen molar-refractivity contribution in [3.63, 3.8) is 0 Å². The summed E-state index contributed by atoms with van der Waals surface area (Å²) in [6.45, 7) is 0. The molecule has 2 aromatic carbocycles. The van der Waals surface area contributed by atoms with Gasteiger partial charge in [0.2, 0.25) is 0 Å². The second kappa shape index (κ2) is 5.80. The highest BCUT2D eigenvalue weighted by atomic mass is 79.9. The third-order valence-corrected chi connectivity index (χ3v) is 4.46. The summed E-state index contributed by atoms with van der Waals surface area (Å²) in [7, 11) is 1.73. The summed E-state index contributed by atoms with van der Waals surface area (Å²) in [4.78, 5) is 0. The van der Waals surface area contributed by atoms with Gasteiger partial charge in [-0.05, 0) is 55.1 Å². The van der Waals surface area contributed by atoms with Crippen LogP contribution < -0.4 is 0 Å². The van der Waals surface area contributed by atoms with Crippen molar-refractivity contribution in [2.45, 2.75) is 6.10 Å². The predicted octanol–water partition coefficient (Wildman–Crippen LogP) is 4.95. The van der Waals surface area contributed by atoms with E-state index in [1.54, 1.807) is 7.11 Å². The van der Waals surface area contributed by atoms with E-state index in [1.807, 2.05) is 24.3 Å². The number of ether oxygens (including phenoxy) is 1. The Morgan fingerprint density at radius 3 is 2.18 bits per heavy atom. The number of rotatable bonds is 3. The van der Waals surface area contributed by atoms with E-state index < -0.39 is 0 Å². The van der Waals surface area contributed by atoms with Crippen LogP contribution in [0.5, 0.6) is 0 Å². The molecule has 0 radical (unpaired) electrons. The van der Waals surface area contributed by atoms with Gasteiger partial charge in [-0.15, -0.1) is 0 Å². The van der Waals surface area contributed by atoms with E-state index in [-0.39, 0.29) is 6.10 Å². The molecule has 0 amide bonds. The number of halogens is 2. The minimum absolute atomic E-state index is 0.0272. The molecular weight excluding hydrogens is 344 g/mol. The predicted molar refractivity (Wildman–Crippen MR) is 77.1 cm³/mol. The number of hydrogen-bond donors (Lipinski definition) is 0. The maximum absolute atomic E-state index is 5.58. The van der Waals surface area contributed by atoms with Gasteiger partial charge in [-0.3, -0.25) is 0 Å². The Balaban J connectivity index is 2.39. The van der Waals surface area contributed by atoms with E-state index in [9.17, 15) is 0 Å². The van der Waals surface area contributed by atoms with E-state index in [2.05, 4.69) is 56.1 Å². The van der Waals surface area contributed by atoms with Gasteiger partial charge in [-0.1, -0.05) is 36.4 Å². The van der Waals surface area contributed by atoms with Crippen molar-refractivity contribution >= 4 is 31.9 Å². The largest absolute Gasteiger partial charge is 0.372 e. The summed E-state index contributed by atoms with van der Waals surface area (Å²) in [5, 5.41) is 0. The molecule has 1 atom stereocenters. The summed E-state index contributed by atoms with van der Waals surface area (Å²) in [5.41, 5.74) is 2.29. The molecule has 2 aromatic rings. The zero-order valence-electron chi connectivity index (χ0n) is 9.36. The van der Waals surface area contributed by atoms with Crippen LogP contribution in [0.1, 0.15) is 17.2 Å². The van der Waals surface area contributed by atoms with Crippen LogP contribution >= 0.6 is 31.9 Å². The molecule has 17 heavy (non-hydrogen) atoms. The smallest absolute Gasteiger partial charge is 0.107 e. The summed E-state index contributed by atoms with van der Waals surface area (Å²) < 4.78 is 7.66. The molecule has 1 unspecified atom stereocenters. The molecule has 0 N–H and O–H groups in total. The summed E-state index contributed by atoms with van der Waals surface area (Å²) >= 11 is 6.98. The molecule has 0 heterocycles. The first-order valence-electron chi connectivity index (χ1n) is 5.25. The maximum atomic E-state index is 5.58.